The number of carbonyl (C=O) groups excluding carboxylic acids is 1. The second-order valence-corrected chi connectivity index (χ2v) is 6.93. The van der Waals surface area contributed by atoms with Crippen LogP contribution in [0.5, 0.6) is 11.5 Å². The molecule has 11 nitrogen and oxygen atoms in total. The monoisotopic (exact) mass is 452 g/mol. The molecular formula is C22H24N6O5. The summed E-state index contributed by atoms with van der Waals surface area (Å²) in [7, 11) is 3.13. The average Bonchev–Trinajstić information content (AvgIpc) is 2.79. The van der Waals surface area contributed by atoms with E-state index in [9.17, 15) is 14.9 Å². The van der Waals surface area contributed by atoms with Gasteiger partial charge < -0.3 is 25.4 Å². The molecule has 0 atom stereocenters. The van der Waals surface area contributed by atoms with E-state index in [1.165, 1.54) is 13.3 Å². The van der Waals surface area contributed by atoms with Gasteiger partial charge in [-0.25, -0.2) is 9.97 Å². The number of nitrogens with zero attached hydrogens (tertiary/aromatic N) is 3. The van der Waals surface area contributed by atoms with Crippen molar-refractivity contribution in [3.05, 3.63) is 64.5 Å². The third-order valence-electron chi connectivity index (χ3n) is 4.63. The molecule has 0 aliphatic heterocycles. The lowest BCUT2D eigenvalue weighted by Gasteiger charge is -2.12. The van der Waals surface area contributed by atoms with E-state index in [2.05, 4.69) is 25.9 Å². The number of nitrogens with one attached hydrogen (secondary N) is 3. The first-order valence-electron chi connectivity index (χ1n) is 10.00. The summed E-state index contributed by atoms with van der Waals surface area (Å²) in [5, 5.41) is 20.4. The Kier molecular flexibility index (Phi) is 7.58. The number of aromatic nitrogens is 2. The number of carbonyl (C=O) groups is 1. The number of amides is 1. The van der Waals surface area contributed by atoms with Gasteiger partial charge >= 0.3 is 5.69 Å². The Hall–Kier alpha value is -4.41. The fourth-order valence-electron chi connectivity index (χ4n) is 3.11. The van der Waals surface area contributed by atoms with Gasteiger partial charge in [0.25, 0.3) is 0 Å². The first-order valence-corrected chi connectivity index (χ1v) is 10.00. The van der Waals surface area contributed by atoms with E-state index >= 15 is 0 Å². The van der Waals surface area contributed by atoms with Crippen molar-refractivity contribution in [3.8, 4) is 11.5 Å². The molecule has 1 aromatic heterocycles. The van der Waals surface area contributed by atoms with E-state index in [4.69, 9.17) is 9.47 Å². The Balaban J connectivity index is 1.72. The summed E-state index contributed by atoms with van der Waals surface area (Å²) in [6.07, 6.45) is 1.83. The summed E-state index contributed by atoms with van der Waals surface area (Å²) in [6, 6.07) is 12.3. The number of methoxy groups -OCH3 is 2. The minimum absolute atomic E-state index is 0.0518. The Morgan fingerprint density at radius 1 is 1.00 bits per heavy atom. The molecule has 0 radical (unpaired) electrons. The van der Waals surface area contributed by atoms with Gasteiger partial charge in [-0.15, -0.1) is 0 Å². The SMILES string of the molecule is COc1ccc(CCNc2ncnc(Nc3ccc(NC(C)=O)cc3)c2[N+](=O)[O-])cc1OC. The van der Waals surface area contributed by atoms with E-state index in [0.717, 1.165) is 5.56 Å². The molecule has 0 aliphatic rings. The van der Waals surface area contributed by atoms with Crippen LogP contribution in [0.25, 0.3) is 0 Å². The lowest BCUT2D eigenvalue weighted by atomic mass is 10.1. The zero-order chi connectivity index (χ0) is 23.8. The summed E-state index contributed by atoms with van der Waals surface area (Å²) in [6.45, 7) is 1.81. The first kappa shape index (κ1) is 23.3. The number of ether oxygens (including phenoxy) is 2. The molecule has 33 heavy (non-hydrogen) atoms. The van der Waals surface area contributed by atoms with E-state index in [1.54, 1.807) is 44.6 Å². The highest BCUT2D eigenvalue weighted by Gasteiger charge is 2.23. The maximum Gasteiger partial charge on any atom is 0.353 e. The number of rotatable bonds is 10. The van der Waals surface area contributed by atoms with Crippen LogP contribution < -0.4 is 25.4 Å². The van der Waals surface area contributed by atoms with E-state index in [-0.39, 0.29) is 23.2 Å². The van der Waals surface area contributed by atoms with Crippen LogP contribution in [0.4, 0.5) is 28.7 Å². The summed E-state index contributed by atoms with van der Waals surface area (Å²) >= 11 is 0. The van der Waals surface area contributed by atoms with Crippen LogP contribution in [-0.2, 0) is 11.2 Å². The maximum atomic E-state index is 11.8. The Labute approximate surface area is 190 Å². The van der Waals surface area contributed by atoms with Crippen LogP contribution in [-0.4, -0.2) is 41.6 Å². The molecule has 1 heterocycles. The van der Waals surface area contributed by atoms with Gasteiger partial charge in [0.1, 0.15) is 6.33 Å². The van der Waals surface area contributed by atoms with Crippen molar-refractivity contribution in [1.82, 2.24) is 9.97 Å². The van der Waals surface area contributed by atoms with Crippen molar-refractivity contribution >= 4 is 34.6 Å². The van der Waals surface area contributed by atoms with E-state index < -0.39 is 4.92 Å². The molecule has 0 unspecified atom stereocenters. The Morgan fingerprint density at radius 2 is 1.67 bits per heavy atom. The second-order valence-electron chi connectivity index (χ2n) is 6.93. The number of benzene rings is 2. The molecular weight excluding hydrogens is 428 g/mol. The molecule has 11 heteroatoms. The molecule has 0 bridgehead atoms. The summed E-state index contributed by atoms with van der Waals surface area (Å²) in [4.78, 5) is 30.5. The number of nitro groups is 1. The highest BCUT2D eigenvalue weighted by molar-refractivity contribution is 5.89. The minimum atomic E-state index is -0.535. The molecule has 0 aliphatic carbocycles. The van der Waals surface area contributed by atoms with E-state index in [1.807, 2.05) is 12.1 Å². The first-order chi connectivity index (χ1) is 15.9. The van der Waals surface area contributed by atoms with Crippen molar-refractivity contribution < 1.29 is 19.2 Å². The maximum absolute atomic E-state index is 11.8. The van der Waals surface area contributed by atoms with Crippen molar-refractivity contribution in [2.45, 2.75) is 13.3 Å². The van der Waals surface area contributed by atoms with Crippen LogP contribution >= 0.6 is 0 Å². The van der Waals surface area contributed by atoms with Crippen molar-refractivity contribution in [1.29, 1.82) is 0 Å². The third-order valence-corrected chi connectivity index (χ3v) is 4.63. The Bertz CT molecular complexity index is 1140. The van der Waals surface area contributed by atoms with Crippen molar-refractivity contribution in [3.63, 3.8) is 0 Å². The van der Waals surface area contributed by atoms with Crippen LogP contribution in [0, 0.1) is 10.1 Å². The molecule has 2 aromatic carbocycles. The average molecular weight is 452 g/mol. The highest BCUT2D eigenvalue weighted by Crippen LogP contribution is 2.32. The lowest BCUT2D eigenvalue weighted by molar-refractivity contribution is -0.383. The highest BCUT2D eigenvalue weighted by atomic mass is 16.6. The van der Waals surface area contributed by atoms with Crippen LogP contribution in [0.15, 0.2) is 48.8 Å². The molecule has 1 amide bonds. The molecule has 0 spiro atoms. The fourth-order valence-corrected chi connectivity index (χ4v) is 3.11. The van der Waals surface area contributed by atoms with Crippen LogP contribution in [0.1, 0.15) is 12.5 Å². The zero-order valence-electron chi connectivity index (χ0n) is 18.4. The normalized spacial score (nSPS) is 10.3. The molecule has 3 N–H and O–H groups in total. The van der Waals surface area contributed by atoms with Gasteiger partial charge in [-0.2, -0.15) is 0 Å². The fraction of sp³-hybridized carbons (Fsp3) is 0.227. The number of hydrogen-bond donors (Lipinski definition) is 3. The van der Waals surface area contributed by atoms with Gasteiger partial charge in [0.15, 0.2) is 11.5 Å². The van der Waals surface area contributed by atoms with Gasteiger partial charge in [-0.1, -0.05) is 6.07 Å². The van der Waals surface area contributed by atoms with E-state index in [0.29, 0.717) is 35.8 Å². The second kappa shape index (κ2) is 10.8. The molecule has 0 fully saturated rings. The topological polar surface area (TPSA) is 141 Å². The van der Waals surface area contributed by atoms with Crippen molar-refractivity contribution in [2.75, 3.05) is 36.7 Å². The number of hydrogen-bond acceptors (Lipinski definition) is 9. The van der Waals surface area contributed by atoms with Crippen LogP contribution in [0.2, 0.25) is 0 Å². The minimum Gasteiger partial charge on any atom is -0.493 e. The molecule has 0 saturated carbocycles. The molecule has 0 saturated heterocycles. The van der Waals surface area contributed by atoms with Gasteiger partial charge in [-0.3, -0.25) is 14.9 Å². The predicted octanol–water partition coefficient (Wildman–Crippen LogP) is 3.76. The lowest BCUT2D eigenvalue weighted by Crippen LogP contribution is -2.11. The molecule has 3 rings (SSSR count). The Morgan fingerprint density at radius 3 is 2.30 bits per heavy atom. The summed E-state index contributed by atoms with van der Waals surface area (Å²) < 4.78 is 10.5. The number of anilines is 4. The predicted molar refractivity (Wildman–Crippen MR) is 124 cm³/mol. The quantitative estimate of drug-likeness (QED) is 0.310. The zero-order valence-corrected chi connectivity index (χ0v) is 18.4. The van der Waals surface area contributed by atoms with Gasteiger partial charge in [0, 0.05) is 24.8 Å². The van der Waals surface area contributed by atoms with Crippen molar-refractivity contribution in [2.24, 2.45) is 0 Å². The molecule has 3 aromatic rings. The summed E-state index contributed by atoms with van der Waals surface area (Å²) in [5.41, 5.74) is 1.88. The standard InChI is InChI=1S/C22H24N6O5/c1-14(29)26-16-5-7-17(8-6-16)27-22-20(28(30)31)21(24-13-25-22)23-11-10-15-4-9-18(32-2)19(12-15)33-3/h4-9,12-13H,10-11H2,1-3H3,(H,26,29)(H2,23,24,25,27). The summed E-state index contributed by atoms with van der Waals surface area (Å²) in [5.74, 6) is 1.20. The van der Waals surface area contributed by atoms with Gasteiger partial charge in [-0.05, 0) is 48.4 Å². The van der Waals surface area contributed by atoms with Gasteiger partial charge in [0.2, 0.25) is 17.5 Å². The molecule has 172 valence electrons. The van der Waals surface area contributed by atoms with Crippen LogP contribution in [0.3, 0.4) is 0 Å². The largest absolute Gasteiger partial charge is 0.493 e. The third kappa shape index (κ3) is 6.06. The smallest absolute Gasteiger partial charge is 0.353 e. The van der Waals surface area contributed by atoms with Gasteiger partial charge in [0.05, 0.1) is 19.1 Å².